The third-order valence-corrected chi connectivity index (χ3v) is 2.35. The van der Waals surface area contributed by atoms with Crippen molar-refractivity contribution in [1.82, 2.24) is 15.3 Å². The van der Waals surface area contributed by atoms with E-state index in [0.29, 0.717) is 0 Å². The highest BCUT2D eigenvalue weighted by Crippen LogP contribution is 2.14. The van der Waals surface area contributed by atoms with Crippen LogP contribution in [0.5, 0.6) is 6.01 Å². The number of hydrogen-bond acceptors (Lipinski definition) is 4. The number of alkyl halides is 2. The van der Waals surface area contributed by atoms with Crippen LogP contribution in [0.15, 0.2) is 6.20 Å². The molecule has 0 saturated carbocycles. The van der Waals surface area contributed by atoms with Crippen molar-refractivity contribution in [3.63, 3.8) is 0 Å². The van der Waals surface area contributed by atoms with Gasteiger partial charge in [0.05, 0.1) is 5.69 Å². The molecule has 0 radical (unpaired) electrons. The Labute approximate surface area is 92.0 Å². The first kappa shape index (κ1) is 11.2. The highest BCUT2D eigenvalue weighted by atomic mass is 19.3. The minimum absolute atomic E-state index is 0.0425. The van der Waals surface area contributed by atoms with E-state index in [1.165, 1.54) is 0 Å². The number of halogens is 2. The summed E-state index contributed by atoms with van der Waals surface area (Å²) >= 11 is 0. The molecule has 16 heavy (non-hydrogen) atoms. The van der Waals surface area contributed by atoms with Gasteiger partial charge in [0.2, 0.25) is 0 Å². The molecule has 1 aromatic rings. The smallest absolute Gasteiger partial charge is 0.316 e. The SMILES string of the molecule is FC(F)COc1ncc2c(n1)CCCNC2. The minimum Gasteiger partial charge on any atom is -0.457 e. The van der Waals surface area contributed by atoms with Gasteiger partial charge in [-0.15, -0.1) is 0 Å². The van der Waals surface area contributed by atoms with Crippen molar-refractivity contribution in [2.24, 2.45) is 0 Å². The van der Waals surface area contributed by atoms with E-state index in [1.807, 2.05) is 0 Å². The van der Waals surface area contributed by atoms with Gasteiger partial charge in [-0.25, -0.2) is 13.8 Å². The van der Waals surface area contributed by atoms with Crippen molar-refractivity contribution in [3.8, 4) is 6.01 Å². The Morgan fingerprint density at radius 3 is 3.19 bits per heavy atom. The van der Waals surface area contributed by atoms with Gasteiger partial charge in [-0.3, -0.25) is 0 Å². The van der Waals surface area contributed by atoms with Gasteiger partial charge in [0.15, 0.2) is 6.61 Å². The average Bonchev–Trinajstić information content (AvgIpc) is 2.50. The number of ether oxygens (including phenoxy) is 1. The molecule has 0 aliphatic carbocycles. The molecule has 0 spiro atoms. The van der Waals surface area contributed by atoms with Crippen LogP contribution in [0, 0.1) is 0 Å². The maximum atomic E-state index is 11.9. The van der Waals surface area contributed by atoms with Crippen molar-refractivity contribution < 1.29 is 13.5 Å². The molecular weight excluding hydrogens is 216 g/mol. The van der Waals surface area contributed by atoms with E-state index in [2.05, 4.69) is 15.3 Å². The molecular formula is C10H13F2N3O. The Morgan fingerprint density at radius 1 is 1.50 bits per heavy atom. The zero-order valence-corrected chi connectivity index (χ0v) is 8.75. The predicted molar refractivity (Wildman–Crippen MR) is 53.6 cm³/mol. The lowest BCUT2D eigenvalue weighted by Crippen LogP contribution is -2.13. The Kier molecular flexibility index (Phi) is 3.61. The second kappa shape index (κ2) is 5.16. The Morgan fingerprint density at radius 2 is 2.38 bits per heavy atom. The monoisotopic (exact) mass is 229 g/mol. The lowest BCUT2D eigenvalue weighted by Gasteiger charge is -2.07. The summed E-state index contributed by atoms with van der Waals surface area (Å²) in [5, 5.41) is 3.23. The van der Waals surface area contributed by atoms with E-state index in [-0.39, 0.29) is 6.01 Å². The molecule has 0 bridgehead atoms. The predicted octanol–water partition coefficient (Wildman–Crippen LogP) is 1.16. The van der Waals surface area contributed by atoms with E-state index in [0.717, 1.165) is 37.2 Å². The van der Waals surface area contributed by atoms with Crippen LogP contribution >= 0.6 is 0 Å². The topological polar surface area (TPSA) is 47.0 Å². The molecule has 2 heterocycles. The molecule has 0 unspecified atom stereocenters. The zero-order valence-electron chi connectivity index (χ0n) is 8.75. The van der Waals surface area contributed by atoms with Gasteiger partial charge >= 0.3 is 6.01 Å². The average molecular weight is 229 g/mol. The highest BCUT2D eigenvalue weighted by Gasteiger charge is 2.12. The fraction of sp³-hybridized carbons (Fsp3) is 0.600. The number of rotatable bonds is 3. The lowest BCUT2D eigenvalue weighted by atomic mass is 10.2. The normalized spacial score (nSPS) is 15.7. The van der Waals surface area contributed by atoms with Crippen LogP contribution in [-0.4, -0.2) is 29.5 Å². The number of hydrogen-bond donors (Lipinski definition) is 1. The van der Waals surface area contributed by atoms with E-state index in [9.17, 15) is 8.78 Å². The molecule has 0 amide bonds. The summed E-state index contributed by atoms with van der Waals surface area (Å²) in [4.78, 5) is 8.04. The van der Waals surface area contributed by atoms with Crippen molar-refractivity contribution in [3.05, 3.63) is 17.5 Å². The summed E-state index contributed by atoms with van der Waals surface area (Å²) in [5.41, 5.74) is 1.91. The first-order chi connectivity index (χ1) is 7.75. The fourth-order valence-electron chi connectivity index (χ4n) is 1.60. The second-order valence-corrected chi connectivity index (χ2v) is 3.61. The minimum atomic E-state index is -2.50. The summed E-state index contributed by atoms with van der Waals surface area (Å²) < 4.78 is 28.6. The third kappa shape index (κ3) is 2.85. The van der Waals surface area contributed by atoms with Crippen LogP contribution in [0.25, 0.3) is 0 Å². The van der Waals surface area contributed by atoms with Gasteiger partial charge in [0.1, 0.15) is 0 Å². The molecule has 0 atom stereocenters. The summed E-state index contributed by atoms with van der Waals surface area (Å²) in [6.45, 7) is 1.01. The first-order valence-corrected chi connectivity index (χ1v) is 5.22. The summed E-state index contributed by atoms with van der Waals surface area (Å²) in [6.07, 6.45) is 0.958. The number of nitrogens with one attached hydrogen (secondary N) is 1. The second-order valence-electron chi connectivity index (χ2n) is 3.61. The molecule has 1 aliphatic heterocycles. The van der Waals surface area contributed by atoms with Gasteiger partial charge in [0, 0.05) is 18.3 Å². The maximum absolute atomic E-state index is 11.9. The van der Waals surface area contributed by atoms with E-state index in [1.54, 1.807) is 6.20 Å². The number of aryl methyl sites for hydroxylation is 1. The summed E-state index contributed by atoms with van der Waals surface area (Å²) in [7, 11) is 0. The number of nitrogens with zero attached hydrogens (tertiary/aromatic N) is 2. The third-order valence-electron chi connectivity index (χ3n) is 2.35. The quantitative estimate of drug-likeness (QED) is 0.844. The van der Waals surface area contributed by atoms with E-state index < -0.39 is 13.0 Å². The molecule has 0 saturated heterocycles. The van der Waals surface area contributed by atoms with Crippen LogP contribution in [0.4, 0.5) is 8.78 Å². The summed E-state index contributed by atoms with van der Waals surface area (Å²) in [6, 6.07) is 0.0425. The highest BCUT2D eigenvalue weighted by molar-refractivity contribution is 5.20. The molecule has 0 aromatic carbocycles. The molecule has 0 fully saturated rings. The van der Waals surface area contributed by atoms with E-state index >= 15 is 0 Å². The van der Waals surface area contributed by atoms with Gasteiger partial charge in [-0.2, -0.15) is 4.98 Å². The molecule has 2 rings (SSSR count). The van der Waals surface area contributed by atoms with Gasteiger partial charge in [-0.1, -0.05) is 0 Å². The van der Waals surface area contributed by atoms with Gasteiger partial charge in [0.25, 0.3) is 6.43 Å². The number of aromatic nitrogens is 2. The maximum Gasteiger partial charge on any atom is 0.316 e. The Balaban J connectivity index is 2.08. The molecule has 4 nitrogen and oxygen atoms in total. The van der Waals surface area contributed by atoms with Crippen molar-refractivity contribution in [1.29, 1.82) is 0 Å². The van der Waals surface area contributed by atoms with Crippen LogP contribution in [-0.2, 0) is 13.0 Å². The van der Waals surface area contributed by atoms with Crippen LogP contribution < -0.4 is 10.1 Å². The van der Waals surface area contributed by atoms with E-state index in [4.69, 9.17) is 4.74 Å². The Hall–Kier alpha value is -1.30. The standard InChI is InChI=1S/C10H13F2N3O/c11-9(12)6-16-10-14-5-7-4-13-3-1-2-8(7)15-10/h5,9,13H,1-4,6H2. The van der Waals surface area contributed by atoms with Crippen molar-refractivity contribution in [2.75, 3.05) is 13.2 Å². The van der Waals surface area contributed by atoms with Crippen molar-refractivity contribution >= 4 is 0 Å². The molecule has 1 aromatic heterocycles. The number of fused-ring (bicyclic) bond motifs is 1. The largest absolute Gasteiger partial charge is 0.457 e. The molecule has 1 N–H and O–H groups in total. The molecule has 6 heteroatoms. The molecule has 88 valence electrons. The van der Waals surface area contributed by atoms with Crippen LogP contribution in [0.1, 0.15) is 17.7 Å². The fourth-order valence-corrected chi connectivity index (χ4v) is 1.60. The lowest BCUT2D eigenvalue weighted by molar-refractivity contribution is 0.0768. The van der Waals surface area contributed by atoms with Gasteiger partial charge < -0.3 is 10.1 Å². The van der Waals surface area contributed by atoms with Crippen LogP contribution in [0.2, 0.25) is 0 Å². The van der Waals surface area contributed by atoms with Crippen molar-refractivity contribution in [2.45, 2.75) is 25.8 Å². The van der Waals surface area contributed by atoms with Gasteiger partial charge in [-0.05, 0) is 19.4 Å². The van der Waals surface area contributed by atoms with Crippen LogP contribution in [0.3, 0.4) is 0 Å². The molecule has 1 aliphatic rings. The summed E-state index contributed by atoms with van der Waals surface area (Å²) in [5.74, 6) is 0. The Bertz CT molecular complexity index is 360. The first-order valence-electron chi connectivity index (χ1n) is 5.22. The zero-order chi connectivity index (χ0) is 11.4.